The molecule has 0 aliphatic heterocycles. The van der Waals surface area contributed by atoms with Crippen molar-refractivity contribution in [1.82, 2.24) is 0 Å². The van der Waals surface area contributed by atoms with E-state index < -0.39 is 17.4 Å². The average molecular weight is 230 g/mol. The highest BCUT2D eigenvalue weighted by Gasteiger charge is 2.46. The van der Waals surface area contributed by atoms with Crippen LogP contribution in [0.5, 0.6) is 0 Å². The quantitative estimate of drug-likeness (QED) is 0.711. The van der Waals surface area contributed by atoms with E-state index >= 15 is 0 Å². The van der Waals surface area contributed by atoms with Gasteiger partial charge in [0.15, 0.2) is 0 Å². The van der Waals surface area contributed by atoms with Gasteiger partial charge in [-0.1, -0.05) is 27.7 Å². The lowest BCUT2D eigenvalue weighted by Crippen LogP contribution is -2.43. The lowest BCUT2D eigenvalue weighted by atomic mass is 9.67. The van der Waals surface area contributed by atoms with E-state index in [0.717, 1.165) is 0 Å². The number of rotatable bonds is 6. The number of esters is 1. The summed E-state index contributed by atoms with van der Waals surface area (Å²) >= 11 is 0. The van der Waals surface area contributed by atoms with Gasteiger partial charge in [0.25, 0.3) is 0 Å². The first kappa shape index (κ1) is 14.9. The van der Waals surface area contributed by atoms with Gasteiger partial charge >= 0.3 is 11.9 Å². The van der Waals surface area contributed by atoms with Gasteiger partial charge in [-0.15, -0.1) is 0 Å². The molecule has 0 saturated carbocycles. The molecule has 0 aromatic carbocycles. The van der Waals surface area contributed by atoms with Gasteiger partial charge in [0.1, 0.15) is 0 Å². The van der Waals surface area contributed by atoms with E-state index in [4.69, 9.17) is 4.74 Å². The molecule has 4 heteroatoms. The molecule has 0 rings (SSSR count). The van der Waals surface area contributed by atoms with Crippen LogP contribution >= 0.6 is 0 Å². The fraction of sp³-hybridized carbons (Fsp3) is 0.833. The van der Waals surface area contributed by atoms with Crippen molar-refractivity contribution in [2.45, 2.75) is 41.0 Å². The molecule has 0 atom stereocenters. The number of hydrogen-bond acceptors (Lipinski definition) is 3. The van der Waals surface area contributed by atoms with Crippen molar-refractivity contribution in [3.05, 3.63) is 0 Å². The fourth-order valence-electron chi connectivity index (χ4n) is 2.10. The van der Waals surface area contributed by atoms with Crippen LogP contribution < -0.4 is 0 Å². The molecule has 0 amide bonds. The Kier molecular flexibility index (Phi) is 5.48. The van der Waals surface area contributed by atoms with Gasteiger partial charge in [-0.3, -0.25) is 9.59 Å². The molecule has 0 radical (unpaired) electrons. The molecular weight excluding hydrogens is 208 g/mol. The lowest BCUT2D eigenvalue weighted by Gasteiger charge is -2.36. The molecule has 0 spiro atoms. The van der Waals surface area contributed by atoms with Crippen LogP contribution in [0.25, 0.3) is 0 Å². The normalized spacial score (nSPS) is 11.9. The van der Waals surface area contributed by atoms with E-state index in [0.29, 0.717) is 0 Å². The lowest BCUT2D eigenvalue weighted by molar-refractivity contribution is -0.164. The third kappa shape index (κ3) is 2.97. The van der Waals surface area contributed by atoms with Crippen LogP contribution in [0.15, 0.2) is 0 Å². The number of hydrogen-bond donors (Lipinski definition) is 1. The van der Waals surface area contributed by atoms with Gasteiger partial charge in [-0.25, -0.2) is 0 Å². The summed E-state index contributed by atoms with van der Waals surface area (Å²) in [5, 5.41) is 9.37. The Labute approximate surface area is 97.0 Å². The molecule has 1 N–H and O–H groups in total. The maximum Gasteiger partial charge on any atom is 0.310 e. The first-order valence-corrected chi connectivity index (χ1v) is 5.68. The molecule has 0 saturated heterocycles. The van der Waals surface area contributed by atoms with E-state index in [1.54, 1.807) is 6.92 Å². The summed E-state index contributed by atoms with van der Waals surface area (Å²) < 4.78 is 4.85. The Morgan fingerprint density at radius 3 is 1.88 bits per heavy atom. The highest BCUT2D eigenvalue weighted by Crippen LogP contribution is 2.40. The Morgan fingerprint density at radius 2 is 1.62 bits per heavy atom. The van der Waals surface area contributed by atoms with E-state index in [1.165, 1.54) is 0 Å². The van der Waals surface area contributed by atoms with Crippen molar-refractivity contribution in [1.29, 1.82) is 0 Å². The molecule has 0 aromatic heterocycles. The molecule has 16 heavy (non-hydrogen) atoms. The van der Waals surface area contributed by atoms with E-state index in [9.17, 15) is 14.7 Å². The number of carbonyl (C=O) groups excluding carboxylic acids is 1. The predicted octanol–water partition coefficient (Wildman–Crippen LogP) is 2.32. The highest BCUT2D eigenvalue weighted by atomic mass is 16.5. The zero-order valence-corrected chi connectivity index (χ0v) is 10.7. The Morgan fingerprint density at radius 1 is 1.19 bits per heavy atom. The molecule has 0 fully saturated rings. The number of carbonyl (C=O) groups is 2. The summed E-state index contributed by atoms with van der Waals surface area (Å²) in [5.74, 6) is -1.60. The van der Waals surface area contributed by atoms with Gasteiger partial charge in [-0.2, -0.15) is 0 Å². The first-order valence-electron chi connectivity index (χ1n) is 5.68. The third-order valence-corrected chi connectivity index (χ3v) is 3.20. The Hall–Kier alpha value is -1.06. The molecule has 94 valence electrons. The minimum atomic E-state index is -1.04. The summed E-state index contributed by atoms with van der Waals surface area (Å²) in [6.07, 6.45) is -0.0640. The largest absolute Gasteiger partial charge is 0.481 e. The summed E-state index contributed by atoms with van der Waals surface area (Å²) in [6, 6.07) is 0. The van der Waals surface area contributed by atoms with Crippen LogP contribution in [0.3, 0.4) is 0 Å². The topological polar surface area (TPSA) is 63.6 Å². The molecule has 0 bridgehead atoms. The van der Waals surface area contributed by atoms with Crippen molar-refractivity contribution in [3.63, 3.8) is 0 Å². The summed E-state index contributed by atoms with van der Waals surface area (Å²) in [4.78, 5) is 22.9. The van der Waals surface area contributed by atoms with Crippen molar-refractivity contribution in [2.75, 3.05) is 6.61 Å². The molecule has 0 aliphatic rings. The van der Waals surface area contributed by atoms with Crippen molar-refractivity contribution < 1.29 is 19.4 Å². The van der Waals surface area contributed by atoms with E-state index in [1.807, 2.05) is 27.7 Å². The standard InChI is InChI=1S/C12H22O4/c1-6-16-10(13)7-12(8(2)3,9(4)5)11(14)15/h8-9H,6-7H2,1-5H3,(H,14,15). The number of carboxylic acid groups (broad SMARTS) is 1. The SMILES string of the molecule is CCOC(=O)CC(C(=O)O)(C(C)C)C(C)C. The fourth-order valence-corrected chi connectivity index (χ4v) is 2.10. The molecule has 0 heterocycles. The maximum absolute atomic E-state index is 11.5. The Bertz CT molecular complexity index is 248. The smallest absolute Gasteiger partial charge is 0.310 e. The van der Waals surface area contributed by atoms with Crippen LogP contribution in [-0.2, 0) is 14.3 Å². The summed E-state index contributed by atoms with van der Waals surface area (Å²) in [7, 11) is 0. The molecule has 0 aromatic rings. The number of carboxylic acids is 1. The average Bonchev–Trinajstić information content (AvgIpc) is 2.12. The molecule has 0 aliphatic carbocycles. The van der Waals surface area contributed by atoms with Crippen LogP contribution in [0.4, 0.5) is 0 Å². The minimum absolute atomic E-state index is 0.0640. The first-order chi connectivity index (χ1) is 7.28. The second-order valence-corrected chi connectivity index (χ2v) is 4.64. The van der Waals surface area contributed by atoms with Crippen LogP contribution in [0, 0.1) is 17.3 Å². The van der Waals surface area contributed by atoms with E-state index in [2.05, 4.69) is 0 Å². The van der Waals surface area contributed by atoms with Crippen molar-refractivity contribution in [2.24, 2.45) is 17.3 Å². The zero-order chi connectivity index (χ0) is 12.9. The number of aliphatic carboxylic acids is 1. The second kappa shape index (κ2) is 5.87. The van der Waals surface area contributed by atoms with Gasteiger partial charge in [0, 0.05) is 0 Å². The molecule has 0 unspecified atom stereocenters. The molecule has 4 nitrogen and oxygen atoms in total. The second-order valence-electron chi connectivity index (χ2n) is 4.64. The maximum atomic E-state index is 11.5. The van der Waals surface area contributed by atoms with Crippen molar-refractivity contribution in [3.8, 4) is 0 Å². The Balaban J connectivity index is 5.06. The third-order valence-electron chi connectivity index (χ3n) is 3.20. The monoisotopic (exact) mass is 230 g/mol. The predicted molar refractivity (Wildman–Crippen MR) is 61.0 cm³/mol. The van der Waals surface area contributed by atoms with Gasteiger partial charge in [0.05, 0.1) is 18.4 Å². The number of ether oxygens (including phenoxy) is 1. The van der Waals surface area contributed by atoms with Crippen molar-refractivity contribution >= 4 is 11.9 Å². The summed E-state index contributed by atoms with van der Waals surface area (Å²) in [6.45, 7) is 9.30. The van der Waals surface area contributed by atoms with Gasteiger partial charge < -0.3 is 9.84 Å². The summed E-state index contributed by atoms with van der Waals surface area (Å²) in [5.41, 5.74) is -1.04. The van der Waals surface area contributed by atoms with E-state index in [-0.39, 0.29) is 24.9 Å². The zero-order valence-electron chi connectivity index (χ0n) is 10.7. The van der Waals surface area contributed by atoms with Crippen LogP contribution in [0.1, 0.15) is 41.0 Å². The highest BCUT2D eigenvalue weighted by molar-refractivity contribution is 5.82. The molecular formula is C12H22O4. The minimum Gasteiger partial charge on any atom is -0.481 e. The van der Waals surface area contributed by atoms with Gasteiger partial charge in [-0.05, 0) is 18.8 Å². The van der Waals surface area contributed by atoms with Gasteiger partial charge in [0.2, 0.25) is 0 Å². The van der Waals surface area contributed by atoms with Crippen LogP contribution in [-0.4, -0.2) is 23.7 Å². The van der Waals surface area contributed by atoms with Crippen LogP contribution in [0.2, 0.25) is 0 Å².